The number of H-pyrrole nitrogens is 1. The van der Waals surface area contributed by atoms with Gasteiger partial charge in [0.25, 0.3) is 0 Å². The second-order valence-electron chi connectivity index (χ2n) is 3.45. The van der Waals surface area contributed by atoms with Gasteiger partial charge >= 0.3 is 5.13 Å². The Morgan fingerprint density at radius 1 is 1.16 bits per heavy atom. The normalized spacial score (nSPS) is 9.68. The second kappa shape index (κ2) is 5.87. The molecular weight excluding hydrogens is 266 g/mol. The number of para-hydroxylation sites is 1. The van der Waals surface area contributed by atoms with Crippen molar-refractivity contribution in [3.63, 3.8) is 0 Å². The zero-order valence-corrected chi connectivity index (χ0v) is 10.5. The molecule has 0 fully saturated rings. The molecule has 2 heterocycles. The van der Waals surface area contributed by atoms with Crippen LogP contribution >= 0.6 is 11.3 Å². The van der Waals surface area contributed by atoms with Gasteiger partial charge < -0.3 is 15.1 Å². The van der Waals surface area contributed by atoms with Crippen molar-refractivity contribution in [2.24, 2.45) is 0 Å². The summed E-state index contributed by atoms with van der Waals surface area (Å²) < 4.78 is 0.851. The number of aromatic nitrogens is 2. The smallest absolute Gasteiger partial charge is 0.357 e. The maximum atomic E-state index is 10.3. The highest BCUT2D eigenvalue weighted by atomic mass is 32.1. The van der Waals surface area contributed by atoms with Gasteiger partial charge in [-0.1, -0.05) is 18.2 Å². The van der Waals surface area contributed by atoms with Crippen LogP contribution in [-0.4, -0.2) is 14.9 Å². The maximum absolute atomic E-state index is 10.3. The minimum Gasteiger partial charge on any atom is -0.357 e. The predicted octanol–water partition coefficient (Wildman–Crippen LogP) is 2.58. The number of nitro groups is 1. The summed E-state index contributed by atoms with van der Waals surface area (Å²) in [4.78, 5) is 26.4. The van der Waals surface area contributed by atoms with Crippen molar-refractivity contribution in [2.45, 2.75) is 0 Å². The van der Waals surface area contributed by atoms with Crippen LogP contribution in [0.3, 0.4) is 0 Å². The number of hydrogen-bond donors (Lipinski definition) is 1. The highest BCUT2D eigenvalue weighted by molar-refractivity contribution is 7.21. The lowest BCUT2D eigenvalue weighted by atomic mass is 10.3. The number of benzene rings is 1. The summed E-state index contributed by atoms with van der Waals surface area (Å²) in [5.74, 6) is 0. The van der Waals surface area contributed by atoms with Gasteiger partial charge in [0.1, 0.15) is 0 Å². The van der Waals surface area contributed by atoms with Gasteiger partial charge in [-0.25, -0.2) is 0 Å². The molecule has 3 rings (SSSR count). The molecule has 0 aliphatic heterocycles. The number of fused-ring (bicyclic) bond motifs is 1. The number of nitrogens with one attached hydrogen (secondary N) is 1. The van der Waals surface area contributed by atoms with E-state index in [9.17, 15) is 14.9 Å². The van der Waals surface area contributed by atoms with Crippen molar-refractivity contribution < 1.29 is 4.92 Å². The number of pyridine rings is 1. The monoisotopic (exact) mass is 275 g/mol. The first-order valence-corrected chi connectivity index (χ1v) is 6.12. The molecule has 0 aliphatic carbocycles. The van der Waals surface area contributed by atoms with Crippen molar-refractivity contribution in [3.05, 3.63) is 69.1 Å². The molecule has 19 heavy (non-hydrogen) atoms. The van der Waals surface area contributed by atoms with Gasteiger partial charge in [-0.15, -0.1) is 0 Å². The van der Waals surface area contributed by atoms with E-state index in [1.807, 2.05) is 18.2 Å². The van der Waals surface area contributed by atoms with Gasteiger partial charge in [0.15, 0.2) is 5.52 Å². The van der Waals surface area contributed by atoms with Gasteiger partial charge in [0.2, 0.25) is 5.56 Å². The summed E-state index contributed by atoms with van der Waals surface area (Å²) in [7, 11) is 0. The van der Waals surface area contributed by atoms with Crippen LogP contribution in [0, 0.1) is 10.1 Å². The molecule has 0 saturated carbocycles. The molecule has 0 atom stereocenters. The Kier molecular flexibility index (Phi) is 3.99. The summed E-state index contributed by atoms with van der Waals surface area (Å²) in [5.41, 5.74) is 0.636. The molecular formula is C12H9N3O3S. The number of thiazole rings is 1. The number of aromatic amines is 1. The molecule has 0 aliphatic rings. The number of rotatable bonds is 1. The van der Waals surface area contributed by atoms with E-state index < -0.39 is 4.92 Å². The van der Waals surface area contributed by atoms with Crippen LogP contribution in [0.5, 0.6) is 0 Å². The van der Waals surface area contributed by atoms with Crippen LogP contribution in [0.15, 0.2) is 53.5 Å². The Hall–Kier alpha value is -2.54. The summed E-state index contributed by atoms with van der Waals surface area (Å²) in [6.45, 7) is 0. The van der Waals surface area contributed by atoms with Crippen LogP contribution < -0.4 is 5.56 Å². The number of nitrogens with zero attached hydrogens (tertiary/aromatic N) is 2. The molecule has 7 heteroatoms. The minimum atomic E-state index is -0.468. The van der Waals surface area contributed by atoms with E-state index in [0.29, 0.717) is 5.52 Å². The average Bonchev–Trinajstić information content (AvgIpc) is 2.84. The van der Waals surface area contributed by atoms with Gasteiger partial charge in [0, 0.05) is 12.3 Å². The largest absolute Gasteiger partial charge is 0.424 e. The second-order valence-corrected chi connectivity index (χ2v) is 4.46. The molecule has 6 nitrogen and oxygen atoms in total. The number of hydrogen-bond acceptors (Lipinski definition) is 5. The first kappa shape index (κ1) is 12.9. The molecule has 2 aromatic heterocycles. The lowest BCUT2D eigenvalue weighted by Crippen LogP contribution is -1.98. The van der Waals surface area contributed by atoms with Gasteiger partial charge in [-0.05, 0) is 39.4 Å². The molecule has 3 aromatic rings. The van der Waals surface area contributed by atoms with Crippen LogP contribution in [0.25, 0.3) is 10.2 Å². The van der Waals surface area contributed by atoms with Gasteiger partial charge in [-0.3, -0.25) is 4.79 Å². The molecule has 0 spiro atoms. The Morgan fingerprint density at radius 2 is 1.89 bits per heavy atom. The van der Waals surface area contributed by atoms with E-state index in [1.165, 1.54) is 6.07 Å². The summed E-state index contributed by atoms with van der Waals surface area (Å²) in [6, 6.07) is 12.2. The molecule has 0 amide bonds. The molecule has 1 aromatic carbocycles. The third-order valence-corrected chi connectivity index (χ3v) is 3.11. The zero-order chi connectivity index (χ0) is 13.7. The summed E-state index contributed by atoms with van der Waals surface area (Å²) >= 11 is 1.10. The highest BCUT2D eigenvalue weighted by Crippen LogP contribution is 2.26. The van der Waals surface area contributed by atoms with Gasteiger partial charge in [0.05, 0.1) is 4.70 Å². The lowest BCUT2D eigenvalue weighted by molar-refractivity contribution is -0.384. The van der Waals surface area contributed by atoms with Crippen molar-refractivity contribution in [3.8, 4) is 0 Å². The van der Waals surface area contributed by atoms with E-state index in [1.54, 1.807) is 24.4 Å². The van der Waals surface area contributed by atoms with E-state index in [2.05, 4.69) is 9.97 Å². The SMILES string of the molecule is O=[N+]([O-])c1nc2ccccc2s1.O=c1cccc[nH]1. The Balaban J connectivity index is 0.000000163. The van der Waals surface area contributed by atoms with E-state index in [-0.39, 0.29) is 10.7 Å². The quantitative estimate of drug-likeness (QED) is 0.546. The minimum absolute atomic E-state index is 0.0452. The van der Waals surface area contributed by atoms with E-state index in [4.69, 9.17) is 0 Å². The van der Waals surface area contributed by atoms with Crippen LogP contribution in [-0.2, 0) is 0 Å². The van der Waals surface area contributed by atoms with Crippen molar-refractivity contribution in [1.29, 1.82) is 0 Å². The highest BCUT2D eigenvalue weighted by Gasteiger charge is 2.13. The Bertz CT molecular complexity index is 700. The fraction of sp³-hybridized carbons (Fsp3) is 0. The first-order valence-electron chi connectivity index (χ1n) is 5.30. The molecule has 96 valence electrons. The van der Waals surface area contributed by atoms with Crippen LogP contribution in [0.1, 0.15) is 0 Å². The lowest BCUT2D eigenvalue weighted by Gasteiger charge is -1.80. The van der Waals surface area contributed by atoms with Crippen LogP contribution in [0.2, 0.25) is 0 Å². The fourth-order valence-electron chi connectivity index (χ4n) is 1.32. The molecule has 1 N–H and O–H groups in total. The average molecular weight is 275 g/mol. The summed E-state index contributed by atoms with van der Waals surface area (Å²) in [6.07, 6.45) is 1.60. The standard InChI is InChI=1S/C7H4N2O2S.C5H5NO/c10-9(11)7-8-5-3-1-2-4-6(5)12-7;7-5-3-1-2-4-6-5/h1-4H;1-4H,(H,6,7). The third kappa shape index (κ3) is 3.46. The van der Waals surface area contributed by atoms with Crippen LogP contribution in [0.4, 0.5) is 5.13 Å². The fourth-order valence-corrected chi connectivity index (χ4v) is 2.10. The van der Waals surface area contributed by atoms with E-state index >= 15 is 0 Å². The van der Waals surface area contributed by atoms with Gasteiger partial charge in [-0.2, -0.15) is 0 Å². The van der Waals surface area contributed by atoms with Crippen molar-refractivity contribution in [2.75, 3.05) is 0 Å². The molecule has 0 radical (unpaired) electrons. The zero-order valence-electron chi connectivity index (χ0n) is 9.65. The molecule has 0 saturated heterocycles. The topological polar surface area (TPSA) is 88.9 Å². The Labute approximate surface area is 111 Å². The van der Waals surface area contributed by atoms with E-state index in [0.717, 1.165) is 16.0 Å². The Morgan fingerprint density at radius 3 is 2.42 bits per heavy atom. The molecule has 0 unspecified atom stereocenters. The van der Waals surface area contributed by atoms with Crippen molar-refractivity contribution in [1.82, 2.24) is 9.97 Å². The predicted molar refractivity (Wildman–Crippen MR) is 73.3 cm³/mol. The summed E-state index contributed by atoms with van der Waals surface area (Å²) in [5, 5.41) is 10.3. The third-order valence-electron chi connectivity index (χ3n) is 2.12. The maximum Gasteiger partial charge on any atom is 0.424 e. The molecule has 0 bridgehead atoms. The van der Waals surface area contributed by atoms with Crippen molar-refractivity contribution >= 4 is 26.7 Å². The first-order chi connectivity index (χ1) is 9.16.